The van der Waals surface area contributed by atoms with Gasteiger partial charge in [0.05, 0.1) is 11.4 Å². The number of nitrogens with two attached hydrogens (primary N) is 1. The number of carbonyl (C=O) groups is 1. The Morgan fingerprint density at radius 1 is 1.35 bits per heavy atom. The van der Waals surface area contributed by atoms with Crippen molar-refractivity contribution in [3.05, 3.63) is 22.7 Å². The molecule has 0 aliphatic heterocycles. The summed E-state index contributed by atoms with van der Waals surface area (Å²) in [4.78, 5) is 11.6. The van der Waals surface area contributed by atoms with Crippen LogP contribution in [0.15, 0.2) is 27.6 Å². The zero-order valence-electron chi connectivity index (χ0n) is 11.5. The van der Waals surface area contributed by atoms with Crippen molar-refractivity contribution in [3.8, 4) is 0 Å². The smallest absolute Gasteiger partial charge is 0.241 e. The quantitative estimate of drug-likeness (QED) is 0.700. The Bertz CT molecular complexity index is 609. The number of benzene rings is 1. The topological polar surface area (TPSA) is 101 Å². The molecule has 8 heteroatoms. The Morgan fingerprint density at radius 3 is 2.45 bits per heavy atom. The fraction of sp³-hybridized carbons (Fsp3) is 0.417. The molecular formula is C12H18BrN3O3S. The number of hydrogen-bond acceptors (Lipinski definition) is 4. The molecule has 20 heavy (non-hydrogen) atoms. The van der Waals surface area contributed by atoms with Gasteiger partial charge < -0.3 is 11.1 Å². The molecule has 0 spiro atoms. The van der Waals surface area contributed by atoms with E-state index in [1.165, 1.54) is 12.1 Å². The van der Waals surface area contributed by atoms with Gasteiger partial charge in [0.25, 0.3) is 0 Å². The van der Waals surface area contributed by atoms with E-state index in [-0.39, 0.29) is 11.4 Å². The number of carbonyl (C=O) groups excluding carboxylic acids is 1. The van der Waals surface area contributed by atoms with Crippen LogP contribution in [0.3, 0.4) is 0 Å². The number of sulfonamides is 1. The van der Waals surface area contributed by atoms with Gasteiger partial charge in [-0.25, -0.2) is 13.1 Å². The second-order valence-electron chi connectivity index (χ2n) is 5.31. The third-order valence-electron chi connectivity index (χ3n) is 2.21. The molecular weight excluding hydrogens is 346 g/mol. The number of halogens is 1. The summed E-state index contributed by atoms with van der Waals surface area (Å²) < 4.78 is 26.9. The number of amides is 1. The van der Waals surface area contributed by atoms with Crippen molar-refractivity contribution in [3.63, 3.8) is 0 Å². The van der Waals surface area contributed by atoms with Crippen LogP contribution in [0.5, 0.6) is 0 Å². The summed E-state index contributed by atoms with van der Waals surface area (Å²) in [6, 6.07) is 4.28. The van der Waals surface area contributed by atoms with Crippen LogP contribution < -0.4 is 15.8 Å². The van der Waals surface area contributed by atoms with Crippen molar-refractivity contribution in [1.29, 1.82) is 0 Å². The van der Waals surface area contributed by atoms with E-state index in [1.54, 1.807) is 6.07 Å². The molecule has 0 aliphatic carbocycles. The Labute approximate surface area is 127 Å². The van der Waals surface area contributed by atoms with Gasteiger partial charge in [0.15, 0.2) is 0 Å². The Kier molecular flexibility index (Phi) is 5.17. The molecule has 1 aromatic rings. The van der Waals surface area contributed by atoms with Crippen molar-refractivity contribution < 1.29 is 13.2 Å². The van der Waals surface area contributed by atoms with E-state index < -0.39 is 21.5 Å². The number of nitrogens with one attached hydrogen (secondary N) is 2. The third kappa shape index (κ3) is 5.10. The van der Waals surface area contributed by atoms with Gasteiger partial charge in [0.1, 0.15) is 0 Å². The highest BCUT2D eigenvalue weighted by Gasteiger charge is 2.18. The van der Waals surface area contributed by atoms with Crippen LogP contribution in [-0.2, 0) is 14.8 Å². The summed E-state index contributed by atoms with van der Waals surface area (Å²) in [7, 11) is -3.76. The monoisotopic (exact) mass is 363 g/mol. The first-order chi connectivity index (χ1) is 9.01. The molecule has 0 bridgehead atoms. The minimum Gasteiger partial charge on any atom is -0.398 e. The van der Waals surface area contributed by atoms with E-state index in [1.807, 2.05) is 20.8 Å². The van der Waals surface area contributed by atoms with Crippen LogP contribution in [0.2, 0.25) is 0 Å². The highest BCUT2D eigenvalue weighted by molar-refractivity contribution is 9.10. The highest BCUT2D eigenvalue weighted by Crippen LogP contribution is 2.22. The molecule has 0 saturated heterocycles. The normalized spacial score (nSPS) is 12.2. The average molecular weight is 364 g/mol. The van der Waals surface area contributed by atoms with Crippen LogP contribution in [0, 0.1) is 0 Å². The van der Waals surface area contributed by atoms with Crippen LogP contribution in [0.25, 0.3) is 0 Å². The lowest BCUT2D eigenvalue weighted by atomic mass is 10.1. The number of nitrogen functional groups attached to an aromatic ring is 1. The molecule has 4 N–H and O–H groups in total. The summed E-state index contributed by atoms with van der Waals surface area (Å²) in [5, 5.41) is 2.67. The van der Waals surface area contributed by atoms with Gasteiger partial charge in [-0.1, -0.05) is 0 Å². The molecule has 0 atom stereocenters. The summed E-state index contributed by atoms with van der Waals surface area (Å²) in [5.41, 5.74) is 5.54. The van der Waals surface area contributed by atoms with Crippen molar-refractivity contribution >= 4 is 37.5 Å². The standard InChI is InChI=1S/C12H18BrN3O3S/c1-12(2,3)16-11(17)7-15-20(18,19)8-4-5-9(13)10(14)6-8/h4-6,15H,7,14H2,1-3H3,(H,16,17). The average Bonchev–Trinajstić information content (AvgIpc) is 2.28. The van der Waals surface area contributed by atoms with Crippen molar-refractivity contribution in [1.82, 2.24) is 10.0 Å². The molecule has 0 unspecified atom stereocenters. The van der Waals surface area contributed by atoms with E-state index in [4.69, 9.17) is 5.73 Å². The van der Waals surface area contributed by atoms with E-state index >= 15 is 0 Å². The number of anilines is 1. The number of hydrogen-bond donors (Lipinski definition) is 3. The van der Waals surface area contributed by atoms with Crippen LogP contribution in [0.1, 0.15) is 20.8 Å². The van der Waals surface area contributed by atoms with E-state index in [9.17, 15) is 13.2 Å². The van der Waals surface area contributed by atoms with Crippen LogP contribution in [-0.4, -0.2) is 26.4 Å². The maximum absolute atomic E-state index is 12.0. The molecule has 0 aromatic heterocycles. The molecule has 0 aliphatic rings. The summed E-state index contributed by atoms with van der Waals surface area (Å²) in [6.45, 7) is 5.12. The van der Waals surface area contributed by atoms with Crippen molar-refractivity contribution in [2.75, 3.05) is 12.3 Å². The maximum Gasteiger partial charge on any atom is 0.241 e. The molecule has 6 nitrogen and oxygen atoms in total. The van der Waals surface area contributed by atoms with Gasteiger partial charge in [0, 0.05) is 15.7 Å². The zero-order chi connectivity index (χ0) is 15.6. The largest absolute Gasteiger partial charge is 0.398 e. The van der Waals surface area contributed by atoms with Crippen molar-refractivity contribution in [2.45, 2.75) is 31.2 Å². The molecule has 0 saturated carbocycles. The lowest BCUT2D eigenvalue weighted by Gasteiger charge is -2.20. The second-order valence-corrected chi connectivity index (χ2v) is 7.93. The van der Waals surface area contributed by atoms with Gasteiger partial charge >= 0.3 is 0 Å². The first-order valence-corrected chi connectivity index (χ1v) is 8.14. The predicted molar refractivity (Wildman–Crippen MR) is 81.6 cm³/mol. The summed E-state index contributed by atoms with van der Waals surface area (Å²) >= 11 is 3.19. The molecule has 0 fully saturated rings. The Morgan fingerprint density at radius 2 is 1.95 bits per heavy atom. The molecule has 0 heterocycles. The Balaban J connectivity index is 2.76. The summed E-state index contributed by atoms with van der Waals surface area (Å²) in [5.74, 6) is -0.397. The molecule has 1 amide bonds. The SMILES string of the molecule is CC(C)(C)NC(=O)CNS(=O)(=O)c1ccc(Br)c(N)c1. The first kappa shape index (κ1) is 16.9. The van der Waals surface area contributed by atoms with Gasteiger partial charge in [-0.2, -0.15) is 0 Å². The van der Waals surface area contributed by atoms with Gasteiger partial charge in [-0.15, -0.1) is 0 Å². The zero-order valence-corrected chi connectivity index (χ0v) is 13.9. The second kappa shape index (κ2) is 6.11. The minimum absolute atomic E-state index is 0.0155. The fourth-order valence-corrected chi connectivity index (χ4v) is 2.66. The van der Waals surface area contributed by atoms with Gasteiger partial charge in [-0.05, 0) is 54.9 Å². The van der Waals surface area contributed by atoms with E-state index in [2.05, 4.69) is 26.0 Å². The third-order valence-corrected chi connectivity index (χ3v) is 4.34. The van der Waals surface area contributed by atoms with E-state index in [0.717, 1.165) is 0 Å². The summed E-state index contributed by atoms with van der Waals surface area (Å²) in [6.07, 6.45) is 0. The molecule has 0 radical (unpaired) electrons. The molecule has 112 valence electrons. The van der Waals surface area contributed by atoms with E-state index in [0.29, 0.717) is 10.2 Å². The fourth-order valence-electron chi connectivity index (χ4n) is 1.40. The van der Waals surface area contributed by atoms with Crippen LogP contribution >= 0.6 is 15.9 Å². The van der Waals surface area contributed by atoms with Crippen molar-refractivity contribution in [2.24, 2.45) is 0 Å². The molecule has 1 rings (SSSR count). The molecule has 1 aromatic carbocycles. The Hall–Kier alpha value is -1.12. The predicted octanol–water partition coefficient (Wildman–Crippen LogP) is 1.22. The minimum atomic E-state index is -3.76. The lowest BCUT2D eigenvalue weighted by molar-refractivity contribution is -0.121. The number of rotatable bonds is 4. The van der Waals surface area contributed by atoms with Gasteiger partial charge in [0.2, 0.25) is 15.9 Å². The van der Waals surface area contributed by atoms with Crippen LogP contribution in [0.4, 0.5) is 5.69 Å². The maximum atomic E-state index is 12.0. The highest BCUT2D eigenvalue weighted by atomic mass is 79.9. The lowest BCUT2D eigenvalue weighted by Crippen LogP contribution is -2.45. The first-order valence-electron chi connectivity index (χ1n) is 5.87. The van der Waals surface area contributed by atoms with Gasteiger partial charge in [-0.3, -0.25) is 4.79 Å².